The molecule has 1 aliphatic heterocycles. The molecule has 0 atom stereocenters. The Morgan fingerprint density at radius 1 is 1.18 bits per heavy atom. The molecule has 2 N–H and O–H groups in total. The average molecular weight is 404 g/mol. The molecule has 2 aromatic rings. The first-order valence-electron chi connectivity index (χ1n) is 9.63. The second-order valence-corrected chi connectivity index (χ2v) is 8.32. The minimum Gasteiger partial charge on any atom is -0.335 e. The molecule has 28 heavy (non-hydrogen) atoms. The molecule has 3 heterocycles. The van der Waals surface area contributed by atoms with Crippen LogP contribution in [0.4, 0.5) is 10.9 Å². The Morgan fingerprint density at radius 3 is 2.64 bits per heavy atom. The monoisotopic (exact) mass is 403 g/mol. The molecule has 1 fully saturated rings. The number of piperazine rings is 1. The number of aromatic amines is 1. The normalized spacial score (nSPS) is 14.4. The molecule has 0 saturated carbocycles. The summed E-state index contributed by atoms with van der Waals surface area (Å²) in [5.41, 5.74) is 0. The van der Waals surface area contributed by atoms with Gasteiger partial charge in [0.1, 0.15) is 18.1 Å². The number of hydrogen-bond donors (Lipinski definition) is 1. The van der Waals surface area contributed by atoms with Crippen molar-refractivity contribution in [1.82, 2.24) is 15.1 Å². The van der Waals surface area contributed by atoms with Crippen LogP contribution in [0.5, 0.6) is 0 Å². The molecule has 1 aliphatic rings. The number of carbonyl (C=O) groups excluding carboxylic acids is 2. The molecule has 0 radical (unpaired) electrons. The van der Waals surface area contributed by atoms with Crippen molar-refractivity contribution in [1.29, 1.82) is 0 Å². The summed E-state index contributed by atoms with van der Waals surface area (Å²) in [5.74, 6) is 1.37. The van der Waals surface area contributed by atoms with Crippen molar-refractivity contribution < 1.29 is 14.6 Å². The van der Waals surface area contributed by atoms with Gasteiger partial charge in [0.25, 0.3) is 5.82 Å². The highest BCUT2D eigenvalue weighted by molar-refractivity contribution is 7.15. The Labute approximate surface area is 169 Å². The molecule has 1 saturated heterocycles. The summed E-state index contributed by atoms with van der Waals surface area (Å²) in [6.45, 7) is 7.12. The molecular weight excluding hydrogens is 376 g/mol. The van der Waals surface area contributed by atoms with Crippen molar-refractivity contribution in [2.24, 2.45) is 5.92 Å². The molecule has 0 aromatic carbocycles. The Bertz CT molecular complexity index is 787. The first kappa shape index (κ1) is 20.2. The third-order valence-corrected chi connectivity index (χ3v) is 5.39. The average Bonchev–Trinajstić information content (AvgIpc) is 3.13. The number of nitrogens with zero attached hydrogens (tertiary/aromatic N) is 4. The number of amides is 2. The zero-order chi connectivity index (χ0) is 19.9. The zero-order valence-corrected chi connectivity index (χ0v) is 17.2. The van der Waals surface area contributed by atoms with Crippen molar-refractivity contribution in [2.45, 2.75) is 33.1 Å². The van der Waals surface area contributed by atoms with E-state index in [2.05, 4.69) is 39.2 Å². The molecule has 150 valence electrons. The van der Waals surface area contributed by atoms with Gasteiger partial charge in [0.2, 0.25) is 16.9 Å². The number of rotatable bonds is 7. The zero-order valence-electron chi connectivity index (χ0n) is 16.4. The lowest BCUT2D eigenvalue weighted by Crippen LogP contribution is -2.50. The van der Waals surface area contributed by atoms with Crippen molar-refractivity contribution in [3.63, 3.8) is 0 Å². The number of anilines is 2. The van der Waals surface area contributed by atoms with Gasteiger partial charge in [-0.25, -0.2) is 4.98 Å². The van der Waals surface area contributed by atoms with Crippen molar-refractivity contribution >= 4 is 34.1 Å². The van der Waals surface area contributed by atoms with Crippen LogP contribution >= 0.6 is 11.3 Å². The SMILES string of the molecule is CC(C)Cc1nnc(NC(=O)CCC(=O)N2CCN(c3cccc[nH+]3)CC2)s1. The Balaban J connectivity index is 1.39. The molecule has 8 nitrogen and oxygen atoms in total. The number of nitrogens with one attached hydrogen (secondary N) is 2. The smallest absolute Gasteiger partial charge is 0.274 e. The fraction of sp³-hybridized carbons (Fsp3) is 0.526. The van der Waals surface area contributed by atoms with Crippen LogP contribution in [-0.2, 0) is 16.0 Å². The van der Waals surface area contributed by atoms with E-state index in [9.17, 15) is 9.59 Å². The van der Waals surface area contributed by atoms with Crippen LogP contribution in [0.25, 0.3) is 0 Å². The standard InChI is InChI=1S/C19H26N6O2S/c1-14(2)13-17-22-23-19(28-17)21-16(26)6-7-18(27)25-11-9-24(10-12-25)15-5-3-4-8-20-15/h3-5,8,14H,6-7,9-13H2,1-2H3,(H,21,23,26)/p+1. The van der Waals surface area contributed by atoms with Gasteiger partial charge < -0.3 is 10.2 Å². The molecular formula is C19H27N6O2S+. The van der Waals surface area contributed by atoms with E-state index < -0.39 is 0 Å². The number of H-pyrrole nitrogens is 1. The van der Waals surface area contributed by atoms with Gasteiger partial charge in [0, 0.05) is 25.3 Å². The van der Waals surface area contributed by atoms with E-state index in [4.69, 9.17) is 0 Å². The van der Waals surface area contributed by atoms with Crippen LogP contribution in [0.1, 0.15) is 31.7 Å². The van der Waals surface area contributed by atoms with Crippen molar-refractivity contribution in [3.05, 3.63) is 29.4 Å². The second kappa shape index (κ2) is 9.59. The van der Waals surface area contributed by atoms with Crippen molar-refractivity contribution in [3.8, 4) is 0 Å². The highest BCUT2D eigenvalue weighted by atomic mass is 32.1. The fourth-order valence-corrected chi connectivity index (χ4v) is 4.04. The van der Waals surface area contributed by atoms with Crippen LogP contribution in [0, 0.1) is 5.92 Å². The van der Waals surface area contributed by atoms with Gasteiger partial charge in [-0.3, -0.25) is 14.5 Å². The Kier molecular flexibility index (Phi) is 6.91. The molecule has 0 aliphatic carbocycles. The van der Waals surface area contributed by atoms with Gasteiger partial charge in [-0.15, -0.1) is 10.2 Å². The second-order valence-electron chi connectivity index (χ2n) is 7.26. The van der Waals surface area contributed by atoms with Gasteiger partial charge >= 0.3 is 0 Å². The summed E-state index contributed by atoms with van der Waals surface area (Å²) >= 11 is 1.39. The summed E-state index contributed by atoms with van der Waals surface area (Å²) in [4.78, 5) is 31.8. The summed E-state index contributed by atoms with van der Waals surface area (Å²) < 4.78 is 0. The molecule has 0 spiro atoms. The maximum absolute atomic E-state index is 12.4. The van der Waals surface area contributed by atoms with Gasteiger partial charge in [0.15, 0.2) is 0 Å². The minimum atomic E-state index is -0.196. The van der Waals surface area contributed by atoms with Crippen LogP contribution < -0.4 is 15.2 Å². The highest BCUT2D eigenvalue weighted by Crippen LogP contribution is 2.18. The largest absolute Gasteiger partial charge is 0.335 e. The summed E-state index contributed by atoms with van der Waals surface area (Å²) in [7, 11) is 0. The van der Waals surface area contributed by atoms with Crippen LogP contribution in [0.15, 0.2) is 24.4 Å². The Morgan fingerprint density at radius 2 is 1.96 bits per heavy atom. The summed E-state index contributed by atoms with van der Waals surface area (Å²) in [6.07, 6.45) is 3.11. The van der Waals surface area contributed by atoms with E-state index in [-0.39, 0.29) is 24.7 Å². The highest BCUT2D eigenvalue weighted by Gasteiger charge is 2.26. The number of pyridine rings is 1. The Hall–Kier alpha value is -2.55. The summed E-state index contributed by atoms with van der Waals surface area (Å²) in [6, 6.07) is 5.97. The van der Waals surface area contributed by atoms with E-state index in [1.54, 1.807) is 0 Å². The molecule has 2 amide bonds. The van der Waals surface area contributed by atoms with Crippen LogP contribution in [0.3, 0.4) is 0 Å². The van der Waals surface area contributed by atoms with E-state index in [1.165, 1.54) is 11.3 Å². The molecule has 0 unspecified atom stereocenters. The fourth-order valence-electron chi connectivity index (χ4n) is 3.07. The third kappa shape index (κ3) is 5.72. The lowest BCUT2D eigenvalue weighted by molar-refractivity contribution is -0.364. The quantitative estimate of drug-likeness (QED) is 0.758. The molecule has 0 bridgehead atoms. The van der Waals surface area contributed by atoms with Crippen LogP contribution in [-0.4, -0.2) is 53.1 Å². The van der Waals surface area contributed by atoms with E-state index in [0.717, 1.165) is 30.3 Å². The van der Waals surface area contributed by atoms with Gasteiger partial charge in [0.05, 0.1) is 19.3 Å². The first-order valence-corrected chi connectivity index (χ1v) is 10.4. The maximum atomic E-state index is 12.4. The van der Waals surface area contributed by atoms with E-state index >= 15 is 0 Å². The molecule has 9 heteroatoms. The van der Waals surface area contributed by atoms with Crippen LogP contribution in [0.2, 0.25) is 0 Å². The van der Waals surface area contributed by atoms with Gasteiger partial charge in [-0.1, -0.05) is 31.3 Å². The molecule has 2 aromatic heterocycles. The van der Waals surface area contributed by atoms with E-state index in [0.29, 0.717) is 24.1 Å². The van der Waals surface area contributed by atoms with Crippen molar-refractivity contribution in [2.75, 3.05) is 36.4 Å². The number of aromatic nitrogens is 3. The lowest BCUT2D eigenvalue weighted by atomic mass is 10.1. The predicted molar refractivity (Wildman–Crippen MR) is 108 cm³/mol. The number of hydrogen-bond acceptors (Lipinski definition) is 6. The maximum Gasteiger partial charge on any atom is 0.274 e. The van der Waals surface area contributed by atoms with Gasteiger partial charge in [-0.05, 0) is 12.0 Å². The minimum absolute atomic E-state index is 0.0181. The summed E-state index contributed by atoms with van der Waals surface area (Å²) in [5, 5.41) is 12.2. The first-order chi connectivity index (χ1) is 13.5. The third-order valence-electron chi connectivity index (χ3n) is 4.53. The predicted octanol–water partition coefficient (Wildman–Crippen LogP) is 1.62. The lowest BCUT2D eigenvalue weighted by Gasteiger charge is -2.31. The number of carbonyl (C=O) groups is 2. The molecule has 3 rings (SSSR count). The topological polar surface area (TPSA) is 92.6 Å². The van der Waals surface area contributed by atoms with E-state index in [1.807, 2.05) is 29.3 Å². The van der Waals surface area contributed by atoms with Gasteiger partial charge in [-0.2, -0.15) is 0 Å².